The van der Waals surface area contributed by atoms with Gasteiger partial charge in [-0.2, -0.15) is 0 Å². The summed E-state index contributed by atoms with van der Waals surface area (Å²) in [4.78, 5) is 24.1. The molecule has 1 atom stereocenters. The van der Waals surface area contributed by atoms with E-state index in [0.717, 1.165) is 23.2 Å². The minimum absolute atomic E-state index is 0.143. The van der Waals surface area contributed by atoms with Crippen molar-refractivity contribution in [3.63, 3.8) is 0 Å². The van der Waals surface area contributed by atoms with E-state index in [1.165, 1.54) is 16.9 Å². The maximum atomic E-state index is 13.5. The molecule has 0 saturated carbocycles. The Morgan fingerprint density at radius 3 is 2.97 bits per heavy atom. The number of ether oxygens (including phenoxy) is 2. The van der Waals surface area contributed by atoms with E-state index in [4.69, 9.17) is 14.5 Å². The first-order valence-corrected chi connectivity index (χ1v) is 11.0. The van der Waals surface area contributed by atoms with Gasteiger partial charge >= 0.3 is 0 Å². The summed E-state index contributed by atoms with van der Waals surface area (Å²) in [6, 6.07) is 13.5. The van der Waals surface area contributed by atoms with Crippen LogP contribution in [0.3, 0.4) is 0 Å². The molecule has 1 unspecified atom stereocenters. The molecular weight excluding hydrogens is 412 g/mol. The minimum Gasteiger partial charge on any atom is -0.485 e. The standard InChI is InChI=1S/C23H22N4O3S/c1-16-7-8-17-21(13-16)31-23(25-17)27(11-4-10-26-12-9-24-15-26)22(28)20-14-29-18-5-2-3-6-19(18)30-20/h2-3,5-9,12-13,15,20H,4,10-11,14H2,1H3. The lowest BCUT2D eigenvalue weighted by molar-refractivity contribution is -0.127. The van der Waals surface area contributed by atoms with E-state index in [9.17, 15) is 4.79 Å². The quantitative estimate of drug-likeness (QED) is 0.458. The van der Waals surface area contributed by atoms with E-state index in [1.54, 1.807) is 17.4 Å². The number of aryl methyl sites for hydroxylation is 2. The fourth-order valence-electron chi connectivity index (χ4n) is 3.58. The predicted octanol–water partition coefficient (Wildman–Crippen LogP) is 4.06. The zero-order valence-electron chi connectivity index (χ0n) is 17.1. The summed E-state index contributed by atoms with van der Waals surface area (Å²) in [6.07, 6.45) is 5.51. The third-order valence-corrected chi connectivity index (χ3v) is 6.21. The normalized spacial score (nSPS) is 15.2. The van der Waals surface area contributed by atoms with E-state index < -0.39 is 6.10 Å². The van der Waals surface area contributed by atoms with Gasteiger partial charge in [-0.1, -0.05) is 29.5 Å². The SMILES string of the molecule is Cc1ccc2nc(N(CCCn3ccnc3)C(=O)C3COc4ccccc4O3)sc2c1. The van der Waals surface area contributed by atoms with Gasteiger partial charge in [0.25, 0.3) is 5.91 Å². The first kappa shape index (κ1) is 19.6. The van der Waals surface area contributed by atoms with Gasteiger partial charge in [0.05, 0.1) is 16.5 Å². The molecule has 0 fully saturated rings. The first-order chi connectivity index (χ1) is 15.2. The Labute approximate surface area is 183 Å². The Morgan fingerprint density at radius 2 is 2.13 bits per heavy atom. The number of fused-ring (bicyclic) bond motifs is 2. The number of anilines is 1. The van der Waals surface area contributed by atoms with Crippen molar-refractivity contribution in [1.29, 1.82) is 0 Å². The van der Waals surface area contributed by atoms with Crippen molar-refractivity contribution >= 4 is 32.6 Å². The molecule has 7 nitrogen and oxygen atoms in total. The second-order valence-electron chi connectivity index (χ2n) is 7.48. The molecule has 3 heterocycles. The molecule has 1 aliphatic rings. The number of hydrogen-bond acceptors (Lipinski definition) is 6. The summed E-state index contributed by atoms with van der Waals surface area (Å²) in [7, 11) is 0. The number of carbonyl (C=O) groups excluding carboxylic acids is 1. The number of aromatic nitrogens is 3. The molecule has 2 aromatic carbocycles. The highest BCUT2D eigenvalue weighted by atomic mass is 32.1. The summed E-state index contributed by atoms with van der Waals surface area (Å²) in [5.74, 6) is 1.11. The van der Waals surface area contributed by atoms with Crippen molar-refractivity contribution in [2.45, 2.75) is 26.0 Å². The highest BCUT2D eigenvalue weighted by molar-refractivity contribution is 7.22. The zero-order chi connectivity index (χ0) is 21.2. The van der Waals surface area contributed by atoms with Gasteiger partial charge in [0, 0.05) is 25.5 Å². The smallest absolute Gasteiger partial charge is 0.273 e. The molecule has 158 valence electrons. The summed E-state index contributed by atoms with van der Waals surface area (Å²) in [6.45, 7) is 3.52. The lowest BCUT2D eigenvalue weighted by atomic mass is 10.2. The Bertz CT molecular complexity index is 1200. The average Bonchev–Trinajstić information content (AvgIpc) is 3.45. The second kappa shape index (κ2) is 8.39. The van der Waals surface area contributed by atoms with E-state index in [-0.39, 0.29) is 12.5 Å². The number of hydrogen-bond donors (Lipinski definition) is 0. The van der Waals surface area contributed by atoms with Crippen LogP contribution < -0.4 is 14.4 Å². The number of para-hydroxylation sites is 2. The number of nitrogens with zero attached hydrogens (tertiary/aromatic N) is 4. The van der Waals surface area contributed by atoms with Gasteiger partial charge in [-0.3, -0.25) is 9.69 Å². The summed E-state index contributed by atoms with van der Waals surface area (Å²) < 4.78 is 14.8. The zero-order valence-corrected chi connectivity index (χ0v) is 17.9. The number of amides is 1. The molecule has 1 aliphatic heterocycles. The van der Waals surface area contributed by atoms with Crippen LogP contribution in [0, 0.1) is 6.92 Å². The van der Waals surface area contributed by atoms with Gasteiger partial charge in [0.1, 0.15) is 6.61 Å². The lowest BCUT2D eigenvalue weighted by Crippen LogP contribution is -2.47. The molecule has 1 amide bonds. The summed E-state index contributed by atoms with van der Waals surface area (Å²) >= 11 is 1.52. The molecule has 31 heavy (non-hydrogen) atoms. The number of carbonyl (C=O) groups is 1. The Hall–Kier alpha value is -3.39. The van der Waals surface area contributed by atoms with Gasteiger partial charge in [-0.15, -0.1) is 0 Å². The molecule has 0 N–H and O–H groups in total. The van der Waals surface area contributed by atoms with Gasteiger partial charge in [0.2, 0.25) is 6.10 Å². The third-order valence-electron chi connectivity index (χ3n) is 5.17. The van der Waals surface area contributed by atoms with Crippen LogP contribution in [0.1, 0.15) is 12.0 Å². The number of rotatable bonds is 6. The molecule has 2 aromatic heterocycles. The molecule has 4 aromatic rings. The van der Waals surface area contributed by atoms with E-state index in [0.29, 0.717) is 23.2 Å². The summed E-state index contributed by atoms with van der Waals surface area (Å²) in [5, 5.41) is 0.679. The largest absolute Gasteiger partial charge is 0.485 e. The Kier molecular flexibility index (Phi) is 5.30. The van der Waals surface area contributed by atoms with Crippen molar-refractivity contribution in [2.75, 3.05) is 18.1 Å². The molecule has 0 aliphatic carbocycles. The Morgan fingerprint density at radius 1 is 1.26 bits per heavy atom. The van der Waals surface area contributed by atoms with Crippen LogP contribution in [-0.4, -0.2) is 39.7 Å². The van der Waals surface area contributed by atoms with Gasteiger partial charge < -0.3 is 14.0 Å². The van der Waals surface area contributed by atoms with Crippen molar-refractivity contribution in [2.24, 2.45) is 0 Å². The van der Waals surface area contributed by atoms with Crippen LogP contribution in [0.2, 0.25) is 0 Å². The first-order valence-electron chi connectivity index (χ1n) is 10.2. The van der Waals surface area contributed by atoms with Crippen molar-refractivity contribution < 1.29 is 14.3 Å². The van der Waals surface area contributed by atoms with Crippen LogP contribution in [0.5, 0.6) is 11.5 Å². The van der Waals surface area contributed by atoms with Crippen LogP contribution in [0.25, 0.3) is 10.2 Å². The molecule has 5 rings (SSSR count). The van der Waals surface area contributed by atoms with Crippen LogP contribution in [0.15, 0.2) is 61.2 Å². The van der Waals surface area contributed by atoms with Crippen LogP contribution in [0.4, 0.5) is 5.13 Å². The molecule has 8 heteroatoms. The number of imidazole rings is 1. The average molecular weight is 435 g/mol. The maximum Gasteiger partial charge on any atom is 0.273 e. The van der Waals surface area contributed by atoms with E-state index in [2.05, 4.69) is 18.0 Å². The molecule has 0 radical (unpaired) electrons. The molecule has 0 saturated heterocycles. The highest BCUT2D eigenvalue weighted by Crippen LogP contribution is 2.34. The monoisotopic (exact) mass is 434 g/mol. The van der Waals surface area contributed by atoms with E-state index >= 15 is 0 Å². The molecular formula is C23H22N4O3S. The second-order valence-corrected chi connectivity index (χ2v) is 8.48. The molecule has 0 bridgehead atoms. The maximum absolute atomic E-state index is 13.5. The third kappa shape index (κ3) is 4.11. The summed E-state index contributed by atoms with van der Waals surface area (Å²) in [5.41, 5.74) is 2.06. The van der Waals surface area contributed by atoms with Crippen molar-refractivity contribution in [1.82, 2.24) is 14.5 Å². The van der Waals surface area contributed by atoms with E-state index in [1.807, 2.05) is 47.2 Å². The predicted molar refractivity (Wildman–Crippen MR) is 120 cm³/mol. The number of thiazole rings is 1. The van der Waals surface area contributed by atoms with Crippen molar-refractivity contribution in [3.05, 3.63) is 66.7 Å². The van der Waals surface area contributed by atoms with Crippen LogP contribution >= 0.6 is 11.3 Å². The van der Waals surface area contributed by atoms with Gasteiger partial charge in [-0.25, -0.2) is 9.97 Å². The fourth-order valence-corrected chi connectivity index (χ4v) is 4.68. The fraction of sp³-hybridized carbons (Fsp3) is 0.261. The Balaban J connectivity index is 1.40. The lowest BCUT2D eigenvalue weighted by Gasteiger charge is -2.29. The van der Waals surface area contributed by atoms with Crippen molar-refractivity contribution in [3.8, 4) is 11.5 Å². The molecule has 0 spiro atoms. The number of benzene rings is 2. The van der Waals surface area contributed by atoms with Gasteiger partial charge in [-0.05, 0) is 43.2 Å². The topological polar surface area (TPSA) is 69.5 Å². The van der Waals surface area contributed by atoms with Crippen LogP contribution in [-0.2, 0) is 11.3 Å². The highest BCUT2D eigenvalue weighted by Gasteiger charge is 2.33. The minimum atomic E-state index is -0.711. The van der Waals surface area contributed by atoms with Gasteiger partial charge in [0.15, 0.2) is 16.6 Å².